The SMILES string of the molecule is CC=CC(=O)C=C(C)CCC=C(C)C. The van der Waals surface area contributed by atoms with Gasteiger partial charge in [-0.05, 0) is 52.7 Å². The Morgan fingerprint density at radius 1 is 1.21 bits per heavy atom. The molecule has 1 nitrogen and oxygen atoms in total. The second-order valence-corrected chi connectivity index (χ2v) is 3.71. The van der Waals surface area contributed by atoms with Gasteiger partial charge in [0, 0.05) is 0 Å². The largest absolute Gasteiger partial charge is 0.290 e. The molecule has 0 saturated heterocycles. The molecule has 0 unspecified atom stereocenters. The molecule has 0 spiro atoms. The van der Waals surface area contributed by atoms with Crippen molar-refractivity contribution < 1.29 is 4.79 Å². The lowest BCUT2D eigenvalue weighted by Crippen LogP contribution is -1.88. The van der Waals surface area contributed by atoms with E-state index in [9.17, 15) is 4.79 Å². The monoisotopic (exact) mass is 192 g/mol. The van der Waals surface area contributed by atoms with E-state index in [1.54, 1.807) is 18.2 Å². The van der Waals surface area contributed by atoms with E-state index in [1.165, 1.54) is 5.57 Å². The second kappa shape index (κ2) is 7.31. The molecule has 0 atom stereocenters. The summed E-state index contributed by atoms with van der Waals surface area (Å²) in [4.78, 5) is 11.2. The number of rotatable bonds is 5. The molecular formula is C13H20O. The van der Waals surface area contributed by atoms with Crippen molar-refractivity contribution >= 4 is 5.78 Å². The molecule has 78 valence electrons. The van der Waals surface area contributed by atoms with Gasteiger partial charge in [-0.15, -0.1) is 0 Å². The van der Waals surface area contributed by atoms with E-state index in [0.29, 0.717) is 0 Å². The van der Waals surface area contributed by atoms with Gasteiger partial charge in [0.1, 0.15) is 0 Å². The maximum atomic E-state index is 11.2. The fourth-order valence-electron chi connectivity index (χ4n) is 1.12. The summed E-state index contributed by atoms with van der Waals surface area (Å²) in [5.41, 5.74) is 2.48. The number of hydrogen-bond acceptors (Lipinski definition) is 1. The molecule has 14 heavy (non-hydrogen) atoms. The summed E-state index contributed by atoms with van der Waals surface area (Å²) in [5.74, 6) is 0.0854. The molecule has 0 aromatic rings. The molecule has 0 N–H and O–H groups in total. The average molecular weight is 192 g/mol. The van der Waals surface area contributed by atoms with E-state index in [-0.39, 0.29) is 5.78 Å². The lowest BCUT2D eigenvalue weighted by atomic mass is 10.1. The summed E-state index contributed by atoms with van der Waals surface area (Å²) in [6.07, 6.45) is 9.24. The Morgan fingerprint density at radius 3 is 2.36 bits per heavy atom. The molecule has 0 radical (unpaired) electrons. The van der Waals surface area contributed by atoms with Crippen molar-refractivity contribution in [2.75, 3.05) is 0 Å². The molecule has 0 rings (SSSR count). The van der Waals surface area contributed by atoms with Crippen molar-refractivity contribution in [3.8, 4) is 0 Å². The molecule has 0 aliphatic heterocycles. The van der Waals surface area contributed by atoms with Gasteiger partial charge < -0.3 is 0 Å². The molecule has 0 aromatic carbocycles. The normalized spacial score (nSPS) is 11.9. The van der Waals surface area contributed by atoms with E-state index in [4.69, 9.17) is 0 Å². The van der Waals surface area contributed by atoms with Crippen molar-refractivity contribution in [2.45, 2.75) is 40.5 Å². The van der Waals surface area contributed by atoms with Crippen LogP contribution in [0.25, 0.3) is 0 Å². The number of hydrogen-bond donors (Lipinski definition) is 0. The van der Waals surface area contributed by atoms with Gasteiger partial charge in [-0.25, -0.2) is 0 Å². The van der Waals surface area contributed by atoms with Gasteiger partial charge >= 0.3 is 0 Å². The van der Waals surface area contributed by atoms with Crippen LogP contribution in [0.4, 0.5) is 0 Å². The van der Waals surface area contributed by atoms with Crippen molar-refractivity contribution in [3.63, 3.8) is 0 Å². The van der Waals surface area contributed by atoms with Crippen LogP contribution in [-0.2, 0) is 4.79 Å². The standard InChI is InChI=1S/C13H20O/c1-5-7-13(14)10-12(4)9-6-8-11(2)3/h5,7-8,10H,6,9H2,1-4H3. The molecule has 0 heterocycles. The van der Waals surface area contributed by atoms with Crippen LogP contribution in [0.3, 0.4) is 0 Å². The highest BCUT2D eigenvalue weighted by Crippen LogP contribution is 2.06. The summed E-state index contributed by atoms with van der Waals surface area (Å²) in [5, 5.41) is 0. The van der Waals surface area contributed by atoms with Crippen molar-refractivity contribution in [3.05, 3.63) is 35.5 Å². The lowest BCUT2D eigenvalue weighted by molar-refractivity contribution is -0.110. The second-order valence-electron chi connectivity index (χ2n) is 3.71. The van der Waals surface area contributed by atoms with Crippen molar-refractivity contribution in [2.24, 2.45) is 0 Å². The molecule has 0 fully saturated rings. The Bertz CT molecular complexity index is 263. The minimum absolute atomic E-state index is 0.0854. The first-order chi connectivity index (χ1) is 6.56. The van der Waals surface area contributed by atoms with Crippen LogP contribution in [0.2, 0.25) is 0 Å². The predicted molar refractivity (Wildman–Crippen MR) is 62.2 cm³/mol. The van der Waals surface area contributed by atoms with Gasteiger partial charge in [0.05, 0.1) is 0 Å². The van der Waals surface area contributed by atoms with E-state index in [1.807, 2.05) is 13.8 Å². The number of ketones is 1. The van der Waals surface area contributed by atoms with Crippen LogP contribution in [0.1, 0.15) is 40.5 Å². The topological polar surface area (TPSA) is 17.1 Å². The van der Waals surface area contributed by atoms with Gasteiger partial charge in [-0.1, -0.05) is 23.3 Å². The van der Waals surface area contributed by atoms with Gasteiger partial charge in [-0.2, -0.15) is 0 Å². The third-order valence-corrected chi connectivity index (χ3v) is 1.81. The molecule has 0 aromatic heterocycles. The Morgan fingerprint density at radius 2 is 1.86 bits per heavy atom. The van der Waals surface area contributed by atoms with Gasteiger partial charge in [0.2, 0.25) is 0 Å². The van der Waals surface area contributed by atoms with Crippen LogP contribution in [0.5, 0.6) is 0 Å². The smallest absolute Gasteiger partial charge is 0.178 e. The van der Waals surface area contributed by atoms with Crippen LogP contribution in [0.15, 0.2) is 35.5 Å². The lowest BCUT2D eigenvalue weighted by Gasteiger charge is -1.96. The van der Waals surface area contributed by atoms with Crippen LogP contribution >= 0.6 is 0 Å². The van der Waals surface area contributed by atoms with Gasteiger partial charge in [-0.3, -0.25) is 4.79 Å². The Hall–Kier alpha value is -1.11. The molecule has 0 amide bonds. The van der Waals surface area contributed by atoms with Crippen LogP contribution < -0.4 is 0 Å². The predicted octanol–water partition coefficient (Wildman–Crippen LogP) is 3.82. The fourth-order valence-corrected chi connectivity index (χ4v) is 1.12. The third kappa shape index (κ3) is 7.53. The van der Waals surface area contributed by atoms with Crippen molar-refractivity contribution in [1.82, 2.24) is 0 Å². The fraction of sp³-hybridized carbons (Fsp3) is 0.462. The van der Waals surface area contributed by atoms with E-state index < -0.39 is 0 Å². The minimum Gasteiger partial charge on any atom is -0.290 e. The van der Waals surface area contributed by atoms with Gasteiger partial charge in [0.25, 0.3) is 0 Å². The number of carbonyl (C=O) groups is 1. The van der Waals surface area contributed by atoms with Crippen LogP contribution in [0, 0.1) is 0 Å². The summed E-state index contributed by atoms with van der Waals surface area (Å²) in [7, 11) is 0. The molecule has 0 aliphatic rings. The van der Waals surface area contributed by atoms with Gasteiger partial charge in [0.15, 0.2) is 5.78 Å². The quantitative estimate of drug-likeness (QED) is 0.478. The highest BCUT2D eigenvalue weighted by Gasteiger charge is 1.93. The zero-order valence-electron chi connectivity index (χ0n) is 9.63. The molecule has 0 bridgehead atoms. The summed E-state index contributed by atoms with van der Waals surface area (Å²) < 4.78 is 0. The van der Waals surface area contributed by atoms with E-state index >= 15 is 0 Å². The minimum atomic E-state index is 0.0854. The van der Waals surface area contributed by atoms with E-state index in [2.05, 4.69) is 19.9 Å². The Kier molecular flexibility index (Phi) is 6.73. The molecule has 1 heteroatoms. The average Bonchev–Trinajstić information content (AvgIpc) is 2.03. The maximum absolute atomic E-state index is 11.2. The first kappa shape index (κ1) is 12.9. The van der Waals surface area contributed by atoms with Crippen LogP contribution in [-0.4, -0.2) is 5.78 Å². The maximum Gasteiger partial charge on any atom is 0.178 e. The zero-order chi connectivity index (χ0) is 11.0. The highest BCUT2D eigenvalue weighted by molar-refractivity contribution is 5.99. The Balaban J connectivity index is 4.01. The number of carbonyl (C=O) groups excluding carboxylic acids is 1. The van der Waals surface area contributed by atoms with E-state index in [0.717, 1.165) is 18.4 Å². The zero-order valence-corrected chi connectivity index (χ0v) is 9.63. The third-order valence-electron chi connectivity index (χ3n) is 1.81. The molecular weight excluding hydrogens is 172 g/mol. The highest BCUT2D eigenvalue weighted by atomic mass is 16.1. The summed E-state index contributed by atoms with van der Waals surface area (Å²) in [6, 6.07) is 0. The Labute approximate surface area is 87.2 Å². The summed E-state index contributed by atoms with van der Waals surface area (Å²) >= 11 is 0. The first-order valence-electron chi connectivity index (χ1n) is 5.03. The first-order valence-corrected chi connectivity index (χ1v) is 5.03. The summed E-state index contributed by atoms with van der Waals surface area (Å²) in [6.45, 7) is 8.03. The van der Waals surface area contributed by atoms with Crippen molar-refractivity contribution in [1.29, 1.82) is 0 Å². The molecule has 0 aliphatic carbocycles. The molecule has 0 saturated carbocycles. The number of allylic oxidation sites excluding steroid dienone is 6.